The molecular weight excluding hydrogens is 391 g/mol. The zero-order valence-corrected chi connectivity index (χ0v) is 17.1. The number of alkyl halides is 1. The van der Waals surface area contributed by atoms with E-state index in [1.165, 1.54) is 11.3 Å². The van der Waals surface area contributed by atoms with Crippen molar-refractivity contribution in [3.8, 4) is 27.4 Å². The molecule has 4 atom stereocenters. The number of nitrogens with zero attached hydrogens (tertiary/aromatic N) is 5. The van der Waals surface area contributed by atoms with Crippen molar-refractivity contribution >= 4 is 16.5 Å². The van der Waals surface area contributed by atoms with Crippen LogP contribution in [0.25, 0.3) is 21.7 Å². The van der Waals surface area contributed by atoms with Crippen LogP contribution in [0, 0.1) is 0 Å². The van der Waals surface area contributed by atoms with Gasteiger partial charge in [-0.1, -0.05) is 17.4 Å². The molecule has 152 valence electrons. The molecule has 7 nitrogen and oxygen atoms in total. The number of halogens is 1. The van der Waals surface area contributed by atoms with Gasteiger partial charge in [0.15, 0.2) is 5.01 Å². The lowest BCUT2D eigenvalue weighted by Gasteiger charge is -2.38. The zero-order chi connectivity index (χ0) is 20.1. The van der Waals surface area contributed by atoms with E-state index in [4.69, 9.17) is 0 Å². The smallest absolute Gasteiger partial charge is 0.208 e. The molecule has 0 radical (unpaired) electrons. The topological polar surface area (TPSA) is 79.1 Å². The average molecular weight is 415 g/mol. The number of anilines is 1. The summed E-state index contributed by atoms with van der Waals surface area (Å²) >= 11 is 1.37. The highest BCUT2D eigenvalue weighted by Crippen LogP contribution is 2.39. The summed E-state index contributed by atoms with van der Waals surface area (Å²) < 4.78 is 16.6. The van der Waals surface area contributed by atoms with Gasteiger partial charge in [-0.15, -0.1) is 10.2 Å². The maximum absolute atomic E-state index is 14.9. The average Bonchev–Trinajstić information content (AvgIpc) is 3.44. The third-order valence-electron chi connectivity index (χ3n) is 6.03. The van der Waals surface area contributed by atoms with Crippen molar-refractivity contribution in [3.05, 3.63) is 30.6 Å². The fourth-order valence-electron chi connectivity index (χ4n) is 4.42. The van der Waals surface area contributed by atoms with Crippen LogP contribution in [0.4, 0.5) is 9.52 Å². The van der Waals surface area contributed by atoms with E-state index in [0.717, 1.165) is 30.4 Å². The Labute approximate surface area is 172 Å². The summed E-state index contributed by atoms with van der Waals surface area (Å²) in [5.41, 5.74) is 2.44. The van der Waals surface area contributed by atoms with Gasteiger partial charge in [-0.2, -0.15) is 5.10 Å². The van der Waals surface area contributed by atoms with Crippen molar-refractivity contribution in [2.75, 3.05) is 11.9 Å². The van der Waals surface area contributed by atoms with Crippen LogP contribution < -0.4 is 10.2 Å². The second-order valence-electron chi connectivity index (χ2n) is 7.93. The first-order chi connectivity index (χ1) is 14.0. The number of hydrogen-bond donors (Lipinski definition) is 2. The molecule has 9 heteroatoms. The Hall–Kier alpha value is -2.52. The number of benzene rings is 1. The second-order valence-corrected chi connectivity index (χ2v) is 8.89. The number of fused-ring (bicyclic) bond motifs is 2. The van der Waals surface area contributed by atoms with E-state index in [-0.39, 0.29) is 17.8 Å². The van der Waals surface area contributed by atoms with Crippen molar-refractivity contribution in [3.63, 3.8) is 0 Å². The number of aryl methyl sites for hydroxylation is 1. The summed E-state index contributed by atoms with van der Waals surface area (Å²) in [4.78, 5) is 1.92. The molecule has 5 rings (SSSR count). The molecule has 4 heterocycles. The van der Waals surface area contributed by atoms with E-state index in [2.05, 4.69) is 20.6 Å². The van der Waals surface area contributed by atoms with Gasteiger partial charge in [0, 0.05) is 37.9 Å². The molecule has 2 N–H and O–H groups in total. The molecule has 3 aromatic rings. The van der Waals surface area contributed by atoms with Crippen LogP contribution in [-0.4, -0.2) is 56.4 Å². The first kappa shape index (κ1) is 18.5. The largest absolute Gasteiger partial charge is 0.507 e. The van der Waals surface area contributed by atoms with Crippen LogP contribution in [0.5, 0.6) is 5.75 Å². The van der Waals surface area contributed by atoms with Crippen molar-refractivity contribution in [2.45, 2.75) is 43.6 Å². The Bertz CT molecular complexity index is 1040. The second kappa shape index (κ2) is 7.07. The molecule has 2 aromatic heterocycles. The third-order valence-corrected chi connectivity index (χ3v) is 7.08. The minimum absolute atomic E-state index is 0.0577. The summed E-state index contributed by atoms with van der Waals surface area (Å²) in [5, 5.41) is 27.9. The minimum Gasteiger partial charge on any atom is -0.507 e. The molecule has 2 saturated heterocycles. The molecule has 2 aliphatic heterocycles. The SMILES string of the molecule is CN(c1nnc(-c2ccc(-c3cnn(C)c3)cc2O)s1)[C@@H]1C[C@H]2CC[C@H](N2)[C@@H]1F. The molecule has 0 amide bonds. The predicted molar refractivity (Wildman–Crippen MR) is 111 cm³/mol. The van der Waals surface area contributed by atoms with Gasteiger partial charge in [0.1, 0.15) is 11.9 Å². The maximum atomic E-state index is 14.9. The number of phenols is 1. The van der Waals surface area contributed by atoms with E-state index >= 15 is 0 Å². The molecule has 1 aromatic carbocycles. The summed E-state index contributed by atoms with van der Waals surface area (Å²) in [6.07, 6.45) is 5.44. The van der Waals surface area contributed by atoms with E-state index in [1.54, 1.807) is 16.9 Å². The van der Waals surface area contributed by atoms with Crippen LogP contribution in [0.1, 0.15) is 19.3 Å². The lowest BCUT2D eigenvalue weighted by Crippen LogP contribution is -2.55. The van der Waals surface area contributed by atoms with E-state index < -0.39 is 6.17 Å². The first-order valence-electron chi connectivity index (χ1n) is 9.78. The Morgan fingerprint density at radius 3 is 2.90 bits per heavy atom. The Kier molecular flexibility index (Phi) is 4.51. The molecule has 0 spiro atoms. The summed E-state index contributed by atoms with van der Waals surface area (Å²) in [6, 6.07) is 5.60. The quantitative estimate of drug-likeness (QED) is 0.683. The highest BCUT2D eigenvalue weighted by atomic mass is 32.1. The summed E-state index contributed by atoms with van der Waals surface area (Å²) in [6.45, 7) is 0. The van der Waals surface area contributed by atoms with Gasteiger partial charge in [0.2, 0.25) is 5.13 Å². The Morgan fingerprint density at radius 2 is 2.14 bits per heavy atom. The van der Waals surface area contributed by atoms with E-state index in [1.807, 2.05) is 37.3 Å². The van der Waals surface area contributed by atoms with Crippen molar-refractivity contribution < 1.29 is 9.50 Å². The molecule has 0 unspecified atom stereocenters. The standard InChI is InChI=1S/C20H23FN6OS/c1-26-10-12(9-22-26)11-3-5-14(17(28)7-11)19-24-25-20(29-19)27(2)16-8-13-4-6-15(23-13)18(16)21/h3,5,7,9-10,13,15-16,18,23,28H,4,6,8H2,1-2H3/t13-,15+,16-,18+/m1/s1. The van der Waals surface area contributed by atoms with Crippen LogP contribution in [0.2, 0.25) is 0 Å². The predicted octanol–water partition coefficient (Wildman–Crippen LogP) is 2.98. The number of piperidine rings is 1. The van der Waals surface area contributed by atoms with Crippen LogP contribution >= 0.6 is 11.3 Å². The monoisotopic (exact) mass is 414 g/mol. The third kappa shape index (κ3) is 3.28. The molecule has 29 heavy (non-hydrogen) atoms. The number of nitrogens with one attached hydrogen (secondary N) is 1. The van der Waals surface area contributed by atoms with Gasteiger partial charge in [-0.3, -0.25) is 4.68 Å². The Morgan fingerprint density at radius 1 is 1.28 bits per heavy atom. The van der Waals surface area contributed by atoms with Crippen LogP contribution in [0.15, 0.2) is 30.6 Å². The first-order valence-corrected chi connectivity index (χ1v) is 10.6. The number of hydrogen-bond acceptors (Lipinski definition) is 7. The molecule has 2 fully saturated rings. The molecule has 0 aliphatic carbocycles. The molecule has 0 saturated carbocycles. The normalized spacial score (nSPS) is 26.0. The van der Waals surface area contributed by atoms with Gasteiger partial charge in [0.05, 0.1) is 17.8 Å². The lowest BCUT2D eigenvalue weighted by atomic mass is 9.97. The number of rotatable bonds is 4. The van der Waals surface area contributed by atoms with Crippen molar-refractivity contribution in [1.29, 1.82) is 0 Å². The minimum atomic E-state index is -0.918. The highest BCUT2D eigenvalue weighted by molar-refractivity contribution is 7.18. The highest BCUT2D eigenvalue weighted by Gasteiger charge is 2.44. The lowest BCUT2D eigenvalue weighted by molar-refractivity contribution is 0.176. The Balaban J connectivity index is 1.38. The van der Waals surface area contributed by atoms with Gasteiger partial charge < -0.3 is 15.3 Å². The maximum Gasteiger partial charge on any atom is 0.208 e. The fourth-order valence-corrected chi connectivity index (χ4v) is 5.32. The van der Waals surface area contributed by atoms with Crippen molar-refractivity contribution in [1.82, 2.24) is 25.3 Å². The van der Waals surface area contributed by atoms with Crippen LogP contribution in [-0.2, 0) is 7.05 Å². The zero-order valence-electron chi connectivity index (χ0n) is 16.3. The van der Waals surface area contributed by atoms with Crippen LogP contribution in [0.3, 0.4) is 0 Å². The number of aromatic hydroxyl groups is 1. The fraction of sp³-hybridized carbons (Fsp3) is 0.450. The number of aromatic nitrogens is 4. The van der Waals surface area contributed by atoms with Gasteiger partial charge >= 0.3 is 0 Å². The molecule has 2 aliphatic rings. The summed E-state index contributed by atoms with van der Waals surface area (Å²) in [7, 11) is 3.74. The summed E-state index contributed by atoms with van der Waals surface area (Å²) in [5.74, 6) is 0.139. The van der Waals surface area contributed by atoms with E-state index in [9.17, 15) is 9.50 Å². The number of phenolic OH excluding ortho intramolecular Hbond substituents is 1. The molecule has 2 bridgehead atoms. The molecular formula is C20H23FN6OS. The van der Waals surface area contributed by atoms with Gasteiger partial charge in [-0.05, 0) is 37.0 Å². The van der Waals surface area contributed by atoms with Crippen molar-refractivity contribution in [2.24, 2.45) is 7.05 Å². The van der Waals surface area contributed by atoms with Gasteiger partial charge in [0.25, 0.3) is 0 Å². The van der Waals surface area contributed by atoms with Gasteiger partial charge in [-0.25, -0.2) is 4.39 Å². The van der Waals surface area contributed by atoms with E-state index in [0.29, 0.717) is 21.7 Å².